The van der Waals surface area contributed by atoms with E-state index in [1.54, 1.807) is 12.2 Å². The zero-order chi connectivity index (χ0) is 19.1. The normalized spacial score (nSPS) is 16.7. The van der Waals surface area contributed by atoms with Crippen LogP contribution in [0.25, 0.3) is 0 Å². The SMILES string of the molecule is CCC1=CC(C(=O)OC)(C(=O)OC)C=C1CC(C)(C)C.[CH]1C=CC=C1.[Co]. The van der Waals surface area contributed by atoms with Crippen molar-refractivity contribution in [2.24, 2.45) is 10.8 Å². The maximum absolute atomic E-state index is 12.1. The number of carbonyl (C=O) groups excluding carboxylic acids is 2. The van der Waals surface area contributed by atoms with Gasteiger partial charge >= 0.3 is 11.9 Å². The van der Waals surface area contributed by atoms with E-state index in [-0.39, 0.29) is 22.2 Å². The van der Waals surface area contributed by atoms with Crippen LogP contribution < -0.4 is 0 Å². The Morgan fingerprint density at radius 2 is 1.38 bits per heavy atom. The first-order valence-electron chi connectivity index (χ1n) is 8.47. The molecule has 0 N–H and O–H groups in total. The standard InChI is InChI=1S/C16H24O4.C5H5.Co/c1-7-11-9-16(13(17)19-5,14(18)20-6)10-12(11)8-15(2,3)4;1-2-4-5-3-1;/h9-10H,7-8H2,1-6H3;1-5H;. The molecule has 0 aromatic carbocycles. The molecule has 0 saturated heterocycles. The summed E-state index contributed by atoms with van der Waals surface area (Å²) in [5.41, 5.74) is 0.684. The smallest absolute Gasteiger partial charge is 0.331 e. The number of rotatable bonds is 4. The number of esters is 2. The van der Waals surface area contributed by atoms with Gasteiger partial charge in [-0.2, -0.15) is 0 Å². The van der Waals surface area contributed by atoms with E-state index < -0.39 is 17.4 Å². The van der Waals surface area contributed by atoms with E-state index in [0.29, 0.717) is 0 Å². The molecule has 0 aliphatic heterocycles. The van der Waals surface area contributed by atoms with E-state index in [1.165, 1.54) is 14.2 Å². The molecule has 0 bridgehead atoms. The van der Waals surface area contributed by atoms with Crippen LogP contribution in [0.1, 0.15) is 40.5 Å². The second-order valence-corrected chi connectivity index (χ2v) is 7.24. The summed E-state index contributed by atoms with van der Waals surface area (Å²) < 4.78 is 9.61. The number of methoxy groups -OCH3 is 2. The minimum Gasteiger partial charge on any atom is -0.468 e. The van der Waals surface area contributed by atoms with E-state index >= 15 is 0 Å². The third-order valence-electron chi connectivity index (χ3n) is 3.92. The van der Waals surface area contributed by atoms with Crippen LogP contribution in [-0.2, 0) is 35.8 Å². The fourth-order valence-corrected chi connectivity index (χ4v) is 2.82. The number of allylic oxidation sites excluding steroid dienone is 6. The van der Waals surface area contributed by atoms with Gasteiger partial charge in [-0.15, -0.1) is 0 Å². The fourth-order valence-electron chi connectivity index (χ4n) is 2.82. The van der Waals surface area contributed by atoms with E-state index in [4.69, 9.17) is 9.47 Å². The number of carbonyl (C=O) groups is 2. The Bertz CT molecular complexity index is 592. The molecule has 0 heterocycles. The average Bonchev–Trinajstić information content (AvgIpc) is 3.23. The summed E-state index contributed by atoms with van der Waals surface area (Å²) in [5.74, 6) is -1.20. The Labute approximate surface area is 167 Å². The van der Waals surface area contributed by atoms with Crippen LogP contribution in [0.15, 0.2) is 47.6 Å². The van der Waals surface area contributed by atoms with Crippen molar-refractivity contribution in [3.05, 3.63) is 54.0 Å². The van der Waals surface area contributed by atoms with Crippen LogP contribution in [-0.4, -0.2) is 26.2 Å². The topological polar surface area (TPSA) is 52.6 Å². The van der Waals surface area contributed by atoms with Crippen molar-refractivity contribution in [1.82, 2.24) is 0 Å². The summed E-state index contributed by atoms with van der Waals surface area (Å²) in [5, 5.41) is 0. The van der Waals surface area contributed by atoms with Crippen LogP contribution in [0, 0.1) is 17.3 Å². The number of hydrogen-bond acceptors (Lipinski definition) is 4. The van der Waals surface area contributed by atoms with Gasteiger partial charge in [-0.1, -0.05) is 52.0 Å². The van der Waals surface area contributed by atoms with Gasteiger partial charge in [0.05, 0.1) is 14.2 Å². The van der Waals surface area contributed by atoms with E-state index in [0.717, 1.165) is 24.0 Å². The van der Waals surface area contributed by atoms with Crippen molar-refractivity contribution in [3.8, 4) is 0 Å². The van der Waals surface area contributed by atoms with E-state index in [1.807, 2.05) is 37.6 Å². The molecule has 0 aromatic heterocycles. The van der Waals surface area contributed by atoms with Gasteiger partial charge in [0.1, 0.15) is 0 Å². The summed E-state index contributed by atoms with van der Waals surface area (Å²) in [4.78, 5) is 24.2. The van der Waals surface area contributed by atoms with Crippen molar-refractivity contribution < 1.29 is 35.8 Å². The summed E-state index contributed by atoms with van der Waals surface area (Å²) in [7, 11) is 2.56. The fraction of sp³-hybridized carbons (Fsp3) is 0.476. The predicted octanol–water partition coefficient (Wildman–Crippen LogP) is 4.35. The first kappa shape index (κ1) is 24.4. The van der Waals surface area contributed by atoms with Crippen LogP contribution in [0.4, 0.5) is 0 Å². The summed E-state index contributed by atoms with van der Waals surface area (Å²) in [6, 6.07) is 0. The van der Waals surface area contributed by atoms with Gasteiger partial charge < -0.3 is 9.47 Å². The van der Waals surface area contributed by atoms with Gasteiger partial charge in [0.2, 0.25) is 5.41 Å². The first-order chi connectivity index (χ1) is 11.7. The van der Waals surface area contributed by atoms with Gasteiger partial charge in [-0.3, -0.25) is 9.59 Å². The minimum atomic E-state index is -1.42. The molecule has 0 saturated carbocycles. The molecular formula is C21H29CoO4. The van der Waals surface area contributed by atoms with Gasteiger partial charge in [-0.05, 0) is 41.6 Å². The Balaban J connectivity index is 0.000000893. The number of ether oxygens (including phenoxy) is 2. The van der Waals surface area contributed by atoms with Gasteiger partial charge in [0.15, 0.2) is 0 Å². The average molecular weight is 404 g/mol. The maximum atomic E-state index is 12.1. The molecule has 0 amide bonds. The minimum absolute atomic E-state index is 0. The van der Waals surface area contributed by atoms with Crippen LogP contribution in [0.2, 0.25) is 0 Å². The second kappa shape index (κ2) is 10.5. The Morgan fingerprint density at radius 1 is 0.923 bits per heavy atom. The zero-order valence-corrected chi connectivity index (χ0v) is 17.5. The van der Waals surface area contributed by atoms with Crippen molar-refractivity contribution in [3.63, 3.8) is 0 Å². The molecule has 2 aliphatic carbocycles. The molecule has 26 heavy (non-hydrogen) atoms. The Kier molecular flexibility index (Phi) is 9.88. The van der Waals surface area contributed by atoms with Crippen LogP contribution >= 0.6 is 0 Å². The van der Waals surface area contributed by atoms with E-state index in [9.17, 15) is 9.59 Å². The predicted molar refractivity (Wildman–Crippen MR) is 99.6 cm³/mol. The summed E-state index contributed by atoms with van der Waals surface area (Å²) in [6.45, 7) is 8.37. The zero-order valence-electron chi connectivity index (χ0n) is 16.4. The van der Waals surface area contributed by atoms with Gasteiger partial charge in [-0.25, -0.2) is 0 Å². The Morgan fingerprint density at radius 3 is 1.69 bits per heavy atom. The third-order valence-corrected chi connectivity index (χ3v) is 3.92. The van der Waals surface area contributed by atoms with Gasteiger partial charge in [0, 0.05) is 23.2 Å². The molecule has 0 fully saturated rings. The molecule has 0 spiro atoms. The van der Waals surface area contributed by atoms with Gasteiger partial charge in [0.25, 0.3) is 0 Å². The molecule has 2 rings (SSSR count). The van der Waals surface area contributed by atoms with Crippen molar-refractivity contribution in [2.75, 3.05) is 14.2 Å². The molecule has 0 atom stereocenters. The largest absolute Gasteiger partial charge is 0.468 e. The van der Waals surface area contributed by atoms with Crippen LogP contribution in [0.5, 0.6) is 0 Å². The van der Waals surface area contributed by atoms with Crippen molar-refractivity contribution >= 4 is 11.9 Å². The summed E-state index contributed by atoms with van der Waals surface area (Å²) in [6.07, 6.45) is 14.9. The number of hydrogen-bond donors (Lipinski definition) is 0. The second-order valence-electron chi connectivity index (χ2n) is 7.24. The first-order valence-corrected chi connectivity index (χ1v) is 8.47. The molecule has 2 radical (unpaired) electrons. The molecule has 4 nitrogen and oxygen atoms in total. The molecule has 2 aliphatic rings. The van der Waals surface area contributed by atoms with Crippen LogP contribution in [0.3, 0.4) is 0 Å². The maximum Gasteiger partial charge on any atom is 0.331 e. The molecular weight excluding hydrogens is 375 g/mol. The molecule has 0 unspecified atom stereocenters. The molecule has 146 valence electrons. The molecule has 5 heteroatoms. The Hall–Kier alpha value is -1.59. The molecule has 0 aromatic rings. The van der Waals surface area contributed by atoms with Crippen molar-refractivity contribution in [1.29, 1.82) is 0 Å². The monoisotopic (exact) mass is 404 g/mol. The summed E-state index contributed by atoms with van der Waals surface area (Å²) >= 11 is 0. The van der Waals surface area contributed by atoms with E-state index in [2.05, 4.69) is 20.8 Å². The quantitative estimate of drug-likeness (QED) is 0.517. The third kappa shape index (κ3) is 6.29. The van der Waals surface area contributed by atoms with Crippen molar-refractivity contribution in [2.45, 2.75) is 40.5 Å².